The Bertz CT molecular complexity index is 1200. The largest absolute Gasteiger partial charge is 0.350 e. The summed E-state index contributed by atoms with van der Waals surface area (Å²) < 4.78 is 13.5. The zero-order valence-corrected chi connectivity index (χ0v) is 17.1. The summed E-state index contributed by atoms with van der Waals surface area (Å²) >= 11 is 6.07. The van der Waals surface area contributed by atoms with Crippen LogP contribution in [0, 0.1) is 19.7 Å². The van der Waals surface area contributed by atoms with E-state index in [1.54, 1.807) is 24.3 Å². The predicted molar refractivity (Wildman–Crippen MR) is 117 cm³/mol. The first kappa shape index (κ1) is 19.9. The van der Waals surface area contributed by atoms with Gasteiger partial charge in [0.25, 0.3) is 11.8 Å². The van der Waals surface area contributed by atoms with E-state index in [-0.39, 0.29) is 11.3 Å². The molecule has 0 spiro atoms. The maximum absolute atomic E-state index is 13.5. The number of imide groups is 1. The van der Waals surface area contributed by atoms with E-state index in [0.717, 1.165) is 16.0 Å². The normalized spacial score (nSPS) is 13.9. The number of carbonyl (C=O) groups is 2. The Morgan fingerprint density at radius 1 is 0.900 bits per heavy atom. The summed E-state index contributed by atoms with van der Waals surface area (Å²) in [6.07, 6.45) is 0. The van der Waals surface area contributed by atoms with Crippen LogP contribution < -0.4 is 10.2 Å². The number of carbonyl (C=O) groups excluding carboxylic acids is 2. The van der Waals surface area contributed by atoms with Gasteiger partial charge in [-0.1, -0.05) is 47.5 Å². The van der Waals surface area contributed by atoms with Crippen LogP contribution in [0.4, 0.5) is 15.8 Å². The molecule has 4 nitrogen and oxygen atoms in total. The molecule has 3 aromatic carbocycles. The number of anilines is 2. The summed E-state index contributed by atoms with van der Waals surface area (Å²) in [5.41, 5.74) is 3.87. The SMILES string of the molecule is Cc1ccc(NC2=C(c3ccc(F)cc3)C(=O)N(c3cccc(Cl)c3)C2=O)c(C)c1. The Morgan fingerprint density at radius 3 is 2.30 bits per heavy atom. The Balaban J connectivity index is 1.84. The number of hydrogen-bond donors (Lipinski definition) is 1. The molecule has 1 aliphatic heterocycles. The Morgan fingerprint density at radius 2 is 1.63 bits per heavy atom. The second kappa shape index (κ2) is 7.76. The highest BCUT2D eigenvalue weighted by Crippen LogP contribution is 2.35. The van der Waals surface area contributed by atoms with Crippen molar-refractivity contribution in [3.05, 3.63) is 100.0 Å². The van der Waals surface area contributed by atoms with Gasteiger partial charge in [-0.25, -0.2) is 9.29 Å². The molecule has 0 aliphatic carbocycles. The minimum absolute atomic E-state index is 0.138. The second-order valence-corrected chi connectivity index (χ2v) is 7.56. The first-order chi connectivity index (χ1) is 14.3. The van der Waals surface area contributed by atoms with Crippen LogP contribution in [0.3, 0.4) is 0 Å². The van der Waals surface area contributed by atoms with E-state index < -0.39 is 17.6 Å². The third kappa shape index (κ3) is 3.60. The second-order valence-electron chi connectivity index (χ2n) is 7.13. The molecule has 3 aromatic rings. The van der Waals surface area contributed by atoms with Crippen molar-refractivity contribution < 1.29 is 14.0 Å². The molecule has 1 N–H and O–H groups in total. The molecule has 0 atom stereocenters. The third-order valence-electron chi connectivity index (χ3n) is 4.92. The quantitative estimate of drug-likeness (QED) is 0.567. The fourth-order valence-electron chi connectivity index (χ4n) is 3.47. The molecule has 150 valence electrons. The highest BCUT2D eigenvalue weighted by molar-refractivity contribution is 6.46. The van der Waals surface area contributed by atoms with Crippen molar-refractivity contribution in [1.29, 1.82) is 0 Å². The Labute approximate surface area is 178 Å². The third-order valence-corrected chi connectivity index (χ3v) is 5.16. The smallest absolute Gasteiger partial charge is 0.282 e. The number of halogens is 2. The lowest BCUT2D eigenvalue weighted by Gasteiger charge is -2.16. The topological polar surface area (TPSA) is 49.4 Å². The van der Waals surface area contributed by atoms with Gasteiger partial charge in [0.2, 0.25) is 0 Å². The fraction of sp³-hybridized carbons (Fsp3) is 0.0833. The molecule has 30 heavy (non-hydrogen) atoms. The van der Waals surface area contributed by atoms with Crippen molar-refractivity contribution in [3.8, 4) is 0 Å². The predicted octanol–water partition coefficient (Wildman–Crippen LogP) is 5.49. The van der Waals surface area contributed by atoms with E-state index >= 15 is 0 Å². The summed E-state index contributed by atoms with van der Waals surface area (Å²) in [5.74, 6) is -1.42. The summed E-state index contributed by atoms with van der Waals surface area (Å²) in [7, 11) is 0. The molecule has 6 heteroatoms. The van der Waals surface area contributed by atoms with Gasteiger partial charge < -0.3 is 5.32 Å². The van der Waals surface area contributed by atoms with Gasteiger partial charge in [0.05, 0.1) is 11.3 Å². The fourth-order valence-corrected chi connectivity index (χ4v) is 3.65. The van der Waals surface area contributed by atoms with E-state index in [4.69, 9.17) is 11.6 Å². The molecule has 0 aromatic heterocycles. The van der Waals surface area contributed by atoms with Gasteiger partial charge in [0.15, 0.2) is 0 Å². The Kier molecular flexibility index (Phi) is 5.14. The van der Waals surface area contributed by atoms with Gasteiger partial charge in [-0.15, -0.1) is 0 Å². The molecular formula is C24H18ClFN2O2. The molecule has 0 bridgehead atoms. The van der Waals surface area contributed by atoms with Crippen LogP contribution in [0.5, 0.6) is 0 Å². The van der Waals surface area contributed by atoms with Crippen LogP contribution in [0.25, 0.3) is 5.57 Å². The van der Waals surface area contributed by atoms with Gasteiger partial charge in [-0.05, 0) is 61.4 Å². The highest BCUT2D eigenvalue weighted by atomic mass is 35.5. The lowest BCUT2D eigenvalue weighted by molar-refractivity contribution is -0.120. The summed E-state index contributed by atoms with van der Waals surface area (Å²) in [5, 5.41) is 3.54. The van der Waals surface area contributed by atoms with Gasteiger partial charge >= 0.3 is 0 Å². The van der Waals surface area contributed by atoms with Crippen LogP contribution in [0.2, 0.25) is 5.02 Å². The van der Waals surface area contributed by atoms with Crippen molar-refractivity contribution in [2.45, 2.75) is 13.8 Å². The van der Waals surface area contributed by atoms with Crippen molar-refractivity contribution in [2.24, 2.45) is 0 Å². The molecule has 0 saturated carbocycles. The summed E-state index contributed by atoms with van der Waals surface area (Å²) in [6, 6.07) is 17.8. The average Bonchev–Trinajstić information content (AvgIpc) is 2.94. The molecule has 0 radical (unpaired) electrons. The highest BCUT2D eigenvalue weighted by Gasteiger charge is 2.40. The monoisotopic (exact) mass is 420 g/mol. The van der Waals surface area contributed by atoms with E-state index in [9.17, 15) is 14.0 Å². The van der Waals surface area contributed by atoms with E-state index in [1.807, 2.05) is 32.0 Å². The van der Waals surface area contributed by atoms with E-state index in [1.165, 1.54) is 24.3 Å². The minimum atomic E-state index is -0.499. The maximum atomic E-state index is 13.5. The van der Waals surface area contributed by atoms with Crippen LogP contribution in [-0.4, -0.2) is 11.8 Å². The van der Waals surface area contributed by atoms with E-state index in [0.29, 0.717) is 22.0 Å². The van der Waals surface area contributed by atoms with Crippen LogP contribution >= 0.6 is 11.6 Å². The standard InChI is InChI=1S/C24H18ClFN2O2/c1-14-6-11-20(15(2)12-14)27-22-21(16-7-9-18(26)10-8-16)23(29)28(24(22)30)19-5-3-4-17(25)13-19/h3-13,27H,1-2H3. The van der Waals surface area contributed by atoms with Gasteiger partial charge in [0.1, 0.15) is 11.5 Å². The van der Waals surface area contributed by atoms with Crippen LogP contribution in [-0.2, 0) is 9.59 Å². The summed E-state index contributed by atoms with van der Waals surface area (Å²) in [4.78, 5) is 27.7. The molecule has 1 heterocycles. The average molecular weight is 421 g/mol. The molecule has 0 saturated heterocycles. The number of benzene rings is 3. The van der Waals surface area contributed by atoms with Gasteiger partial charge in [0, 0.05) is 10.7 Å². The molecule has 1 aliphatic rings. The van der Waals surface area contributed by atoms with Crippen molar-refractivity contribution in [1.82, 2.24) is 0 Å². The number of hydrogen-bond acceptors (Lipinski definition) is 3. The first-order valence-electron chi connectivity index (χ1n) is 9.34. The first-order valence-corrected chi connectivity index (χ1v) is 9.72. The lowest BCUT2D eigenvalue weighted by atomic mass is 10.0. The number of rotatable bonds is 4. The zero-order valence-electron chi connectivity index (χ0n) is 16.4. The van der Waals surface area contributed by atoms with Gasteiger partial charge in [-0.3, -0.25) is 9.59 Å². The van der Waals surface area contributed by atoms with Crippen molar-refractivity contribution in [3.63, 3.8) is 0 Å². The number of aryl methyl sites for hydroxylation is 2. The summed E-state index contributed by atoms with van der Waals surface area (Å²) in [6.45, 7) is 3.90. The number of nitrogens with one attached hydrogen (secondary N) is 1. The number of amides is 2. The lowest BCUT2D eigenvalue weighted by Crippen LogP contribution is -2.32. The van der Waals surface area contributed by atoms with Crippen LogP contribution in [0.1, 0.15) is 16.7 Å². The Hall–Kier alpha value is -3.44. The van der Waals surface area contributed by atoms with Crippen LogP contribution in [0.15, 0.2) is 72.4 Å². The molecular weight excluding hydrogens is 403 g/mol. The molecule has 0 fully saturated rings. The van der Waals surface area contributed by atoms with Crippen molar-refractivity contribution in [2.75, 3.05) is 10.2 Å². The number of nitrogens with zero attached hydrogens (tertiary/aromatic N) is 1. The molecule has 0 unspecified atom stereocenters. The molecule has 2 amide bonds. The zero-order chi connectivity index (χ0) is 21.4. The minimum Gasteiger partial charge on any atom is -0.350 e. The van der Waals surface area contributed by atoms with E-state index in [2.05, 4.69) is 5.32 Å². The maximum Gasteiger partial charge on any atom is 0.282 e. The van der Waals surface area contributed by atoms with Crippen molar-refractivity contribution >= 4 is 40.4 Å². The molecule has 4 rings (SSSR count). The van der Waals surface area contributed by atoms with Gasteiger partial charge in [-0.2, -0.15) is 0 Å².